The normalized spacial score (nSPS) is 10.2. The first-order valence-corrected chi connectivity index (χ1v) is 4.47. The number of carbonyl (C=O) groups excluding carboxylic acids is 1. The molecule has 1 aromatic heterocycles. The zero-order valence-corrected chi connectivity index (χ0v) is 8.11. The zero-order valence-electron chi connectivity index (χ0n) is 8.11. The first kappa shape index (κ1) is 9.45. The maximum absolute atomic E-state index is 11.6. The van der Waals surface area contributed by atoms with Crippen molar-refractivity contribution in [2.24, 2.45) is 0 Å². The van der Waals surface area contributed by atoms with E-state index in [1.165, 1.54) is 13.1 Å². The third-order valence-electron chi connectivity index (χ3n) is 2.09. The van der Waals surface area contributed by atoms with E-state index in [0.717, 1.165) is 0 Å². The van der Waals surface area contributed by atoms with Crippen LogP contribution in [0.5, 0.6) is 0 Å². The molecule has 0 unspecified atom stereocenters. The average molecular weight is 203 g/mol. The summed E-state index contributed by atoms with van der Waals surface area (Å²) in [6, 6.07) is 8.01. The zero-order chi connectivity index (χ0) is 10.8. The number of fused-ring (bicyclic) bond motifs is 1. The number of para-hydroxylation sites is 1. The molecule has 2 rings (SSSR count). The quantitative estimate of drug-likeness (QED) is 0.756. The van der Waals surface area contributed by atoms with Gasteiger partial charge in [-0.05, 0) is 12.1 Å². The molecule has 0 bridgehead atoms. The second-order valence-electron chi connectivity index (χ2n) is 3.05. The van der Waals surface area contributed by atoms with Crippen molar-refractivity contribution in [3.8, 4) is 0 Å². The van der Waals surface area contributed by atoms with E-state index in [1.807, 2.05) is 0 Å². The lowest BCUT2D eigenvalue weighted by Crippen LogP contribution is -2.19. The largest absolute Gasteiger partial charge is 0.451 e. The van der Waals surface area contributed by atoms with Gasteiger partial charge in [-0.1, -0.05) is 12.1 Å². The van der Waals surface area contributed by atoms with E-state index in [0.29, 0.717) is 11.0 Å². The van der Waals surface area contributed by atoms with Gasteiger partial charge in [0.15, 0.2) is 11.2 Å². The summed E-state index contributed by atoms with van der Waals surface area (Å²) >= 11 is 0. The fourth-order valence-corrected chi connectivity index (χ4v) is 1.34. The number of benzene rings is 1. The summed E-state index contributed by atoms with van der Waals surface area (Å²) in [6.07, 6.45) is 0. The third kappa shape index (κ3) is 1.61. The van der Waals surface area contributed by atoms with Gasteiger partial charge in [-0.2, -0.15) is 0 Å². The van der Waals surface area contributed by atoms with Crippen molar-refractivity contribution in [1.29, 1.82) is 0 Å². The first-order chi connectivity index (χ1) is 7.22. The molecule has 0 saturated heterocycles. The topological polar surface area (TPSA) is 59.3 Å². The molecular weight excluding hydrogens is 194 g/mol. The van der Waals surface area contributed by atoms with Gasteiger partial charge in [0.2, 0.25) is 0 Å². The SMILES string of the molecule is CNC(=O)c1cc(=O)c2ccccc2o1. The van der Waals surface area contributed by atoms with E-state index in [2.05, 4.69) is 5.32 Å². The monoisotopic (exact) mass is 203 g/mol. The Hall–Kier alpha value is -2.10. The summed E-state index contributed by atoms with van der Waals surface area (Å²) < 4.78 is 5.28. The summed E-state index contributed by atoms with van der Waals surface area (Å²) in [4.78, 5) is 22.8. The molecule has 0 atom stereocenters. The van der Waals surface area contributed by atoms with Crippen LogP contribution in [0, 0.1) is 0 Å². The van der Waals surface area contributed by atoms with Gasteiger partial charge >= 0.3 is 0 Å². The minimum absolute atomic E-state index is 0.0289. The summed E-state index contributed by atoms with van der Waals surface area (Å²) in [6.45, 7) is 0. The van der Waals surface area contributed by atoms with Gasteiger partial charge in [0.05, 0.1) is 5.39 Å². The lowest BCUT2D eigenvalue weighted by atomic mass is 10.2. The Morgan fingerprint density at radius 3 is 2.80 bits per heavy atom. The van der Waals surface area contributed by atoms with E-state index in [9.17, 15) is 9.59 Å². The lowest BCUT2D eigenvalue weighted by Gasteiger charge is -2.00. The number of hydrogen-bond acceptors (Lipinski definition) is 3. The van der Waals surface area contributed by atoms with Crippen LogP contribution in [0.3, 0.4) is 0 Å². The molecule has 0 aliphatic heterocycles. The Labute approximate surface area is 85.5 Å². The summed E-state index contributed by atoms with van der Waals surface area (Å²) in [7, 11) is 1.48. The molecule has 2 aromatic rings. The molecule has 0 spiro atoms. The van der Waals surface area contributed by atoms with Gasteiger partial charge in [0, 0.05) is 13.1 Å². The van der Waals surface area contributed by atoms with Crippen LogP contribution in [0.15, 0.2) is 39.5 Å². The van der Waals surface area contributed by atoms with Crippen molar-refractivity contribution < 1.29 is 9.21 Å². The summed E-state index contributed by atoms with van der Waals surface area (Å²) in [5.41, 5.74) is 0.207. The van der Waals surface area contributed by atoms with E-state index >= 15 is 0 Å². The smallest absolute Gasteiger partial charge is 0.286 e. The van der Waals surface area contributed by atoms with Gasteiger partial charge < -0.3 is 9.73 Å². The van der Waals surface area contributed by atoms with Crippen molar-refractivity contribution in [1.82, 2.24) is 5.32 Å². The summed E-state index contributed by atoms with van der Waals surface area (Å²) in [5.74, 6) is -0.376. The van der Waals surface area contributed by atoms with Crippen LogP contribution in [0.4, 0.5) is 0 Å². The fraction of sp³-hybridized carbons (Fsp3) is 0.0909. The molecular formula is C11H9NO3. The van der Waals surface area contributed by atoms with Crippen LogP contribution in [0.25, 0.3) is 11.0 Å². The van der Waals surface area contributed by atoms with Gasteiger partial charge in [-0.25, -0.2) is 0 Å². The van der Waals surface area contributed by atoms with E-state index < -0.39 is 5.91 Å². The number of carbonyl (C=O) groups is 1. The predicted octanol–water partition coefficient (Wildman–Crippen LogP) is 1.15. The Morgan fingerprint density at radius 2 is 2.07 bits per heavy atom. The molecule has 0 aliphatic rings. The Morgan fingerprint density at radius 1 is 1.33 bits per heavy atom. The first-order valence-electron chi connectivity index (χ1n) is 4.47. The Balaban J connectivity index is 2.73. The standard InChI is InChI=1S/C11H9NO3/c1-12-11(14)10-6-8(13)7-4-2-3-5-9(7)15-10/h2-6H,1H3,(H,12,14). The molecule has 15 heavy (non-hydrogen) atoms. The van der Waals surface area contributed by atoms with Crippen molar-refractivity contribution in [2.75, 3.05) is 7.05 Å². The highest BCUT2D eigenvalue weighted by Crippen LogP contribution is 2.11. The summed E-state index contributed by atoms with van der Waals surface area (Å²) in [5, 5.41) is 2.88. The molecule has 4 heteroatoms. The second-order valence-corrected chi connectivity index (χ2v) is 3.05. The molecule has 76 valence electrons. The van der Waals surface area contributed by atoms with Crippen molar-refractivity contribution in [3.05, 3.63) is 46.3 Å². The van der Waals surface area contributed by atoms with Gasteiger partial charge in [-0.3, -0.25) is 9.59 Å². The lowest BCUT2D eigenvalue weighted by molar-refractivity contribution is 0.0936. The highest BCUT2D eigenvalue weighted by Gasteiger charge is 2.09. The second kappa shape index (κ2) is 3.57. The van der Waals surface area contributed by atoms with Crippen LogP contribution in [0.2, 0.25) is 0 Å². The van der Waals surface area contributed by atoms with Crippen LogP contribution in [-0.2, 0) is 0 Å². The van der Waals surface area contributed by atoms with E-state index in [4.69, 9.17) is 4.42 Å². The molecule has 0 fully saturated rings. The molecule has 1 N–H and O–H groups in total. The maximum Gasteiger partial charge on any atom is 0.286 e. The fourth-order valence-electron chi connectivity index (χ4n) is 1.34. The number of rotatable bonds is 1. The molecule has 0 radical (unpaired) electrons. The molecule has 0 saturated carbocycles. The molecule has 1 amide bonds. The van der Waals surface area contributed by atoms with Crippen molar-refractivity contribution in [3.63, 3.8) is 0 Å². The van der Waals surface area contributed by atoms with Crippen molar-refractivity contribution in [2.45, 2.75) is 0 Å². The molecule has 1 heterocycles. The highest BCUT2D eigenvalue weighted by atomic mass is 16.3. The Kier molecular flexibility index (Phi) is 2.25. The van der Waals surface area contributed by atoms with E-state index in [1.54, 1.807) is 24.3 Å². The van der Waals surface area contributed by atoms with Gasteiger partial charge in [-0.15, -0.1) is 0 Å². The number of amides is 1. The van der Waals surface area contributed by atoms with Gasteiger partial charge in [0.25, 0.3) is 5.91 Å². The molecule has 0 aliphatic carbocycles. The predicted molar refractivity (Wildman–Crippen MR) is 55.9 cm³/mol. The number of hydrogen-bond donors (Lipinski definition) is 1. The highest BCUT2D eigenvalue weighted by molar-refractivity contribution is 5.92. The average Bonchev–Trinajstić information content (AvgIpc) is 2.28. The number of nitrogens with one attached hydrogen (secondary N) is 1. The van der Waals surface area contributed by atoms with Crippen LogP contribution >= 0.6 is 0 Å². The third-order valence-corrected chi connectivity index (χ3v) is 2.09. The molecule has 1 aromatic carbocycles. The van der Waals surface area contributed by atoms with Crippen LogP contribution in [0.1, 0.15) is 10.6 Å². The minimum Gasteiger partial charge on any atom is -0.451 e. The minimum atomic E-state index is -0.405. The van der Waals surface area contributed by atoms with E-state index in [-0.39, 0.29) is 11.2 Å². The van der Waals surface area contributed by atoms with Gasteiger partial charge in [0.1, 0.15) is 5.58 Å². The van der Waals surface area contributed by atoms with Crippen molar-refractivity contribution >= 4 is 16.9 Å². The van der Waals surface area contributed by atoms with Crippen LogP contribution < -0.4 is 10.7 Å². The maximum atomic E-state index is 11.6. The molecule has 4 nitrogen and oxygen atoms in total. The van der Waals surface area contributed by atoms with Crippen LogP contribution in [-0.4, -0.2) is 13.0 Å². The Bertz CT molecular complexity index is 571.